The van der Waals surface area contributed by atoms with Crippen LogP contribution < -0.4 is 9.62 Å². The van der Waals surface area contributed by atoms with Gasteiger partial charge in [-0.1, -0.05) is 97.1 Å². The molecule has 11 heteroatoms. The summed E-state index contributed by atoms with van der Waals surface area (Å²) in [6, 6.07) is 22.1. The molecule has 1 aliphatic carbocycles. The summed E-state index contributed by atoms with van der Waals surface area (Å²) in [6.45, 7) is -0.482. The van der Waals surface area contributed by atoms with Crippen LogP contribution in [0.3, 0.4) is 0 Å². The van der Waals surface area contributed by atoms with Crippen LogP contribution in [0.15, 0.2) is 78.9 Å². The van der Waals surface area contributed by atoms with Gasteiger partial charge in [0.05, 0.1) is 15.7 Å². The Kier molecular flexibility index (Phi) is 11.5. The van der Waals surface area contributed by atoms with Crippen molar-refractivity contribution in [3.63, 3.8) is 0 Å². The molecule has 0 aromatic heterocycles. The Morgan fingerprint density at radius 2 is 1.49 bits per heavy atom. The largest absolute Gasteiger partial charge is 0.352 e. The molecule has 2 amide bonds. The van der Waals surface area contributed by atoms with Gasteiger partial charge in [-0.25, -0.2) is 4.31 Å². The highest BCUT2D eigenvalue weighted by molar-refractivity contribution is 7.90. The highest BCUT2D eigenvalue weighted by atomic mass is 35.5. The van der Waals surface area contributed by atoms with Crippen molar-refractivity contribution in [1.29, 1.82) is 0 Å². The second-order valence-electron chi connectivity index (χ2n) is 11.0. The van der Waals surface area contributed by atoms with E-state index < -0.39 is 28.7 Å². The van der Waals surface area contributed by atoms with Gasteiger partial charge in [0.25, 0.3) is 0 Å². The molecule has 0 unspecified atom stereocenters. The van der Waals surface area contributed by atoms with E-state index >= 15 is 0 Å². The number of anilines is 1. The van der Waals surface area contributed by atoms with E-state index in [1.54, 1.807) is 48.5 Å². The van der Waals surface area contributed by atoms with E-state index in [0.29, 0.717) is 21.3 Å². The molecule has 1 saturated carbocycles. The zero-order chi connectivity index (χ0) is 31.0. The van der Waals surface area contributed by atoms with Gasteiger partial charge in [-0.3, -0.25) is 9.59 Å². The molecule has 4 rings (SSSR count). The maximum Gasteiger partial charge on any atom is 0.304 e. The number of hydrogen-bond donors (Lipinski definition) is 1. The van der Waals surface area contributed by atoms with Gasteiger partial charge in [-0.2, -0.15) is 12.7 Å². The highest BCUT2D eigenvalue weighted by Crippen LogP contribution is 2.26. The predicted octanol–water partition coefficient (Wildman–Crippen LogP) is 5.70. The number of carbonyl (C=O) groups excluding carboxylic acids is 2. The van der Waals surface area contributed by atoms with Crippen LogP contribution >= 0.6 is 23.2 Å². The minimum atomic E-state index is -4.05. The lowest BCUT2D eigenvalue weighted by Gasteiger charge is -2.35. The van der Waals surface area contributed by atoms with Crippen molar-refractivity contribution < 1.29 is 18.0 Å². The molecule has 1 aliphatic rings. The number of nitrogens with zero attached hydrogens (tertiary/aromatic N) is 3. The smallest absolute Gasteiger partial charge is 0.304 e. The SMILES string of the molecule is CN(C)S(=O)(=O)N(CC(=O)N(Cc1ccc(Cl)c(Cl)c1)[C@@H](Cc1ccccc1)C(=O)NC1CCCCC1)c1ccccc1. The molecule has 0 saturated heterocycles. The first-order valence-corrected chi connectivity index (χ1v) is 16.5. The van der Waals surface area contributed by atoms with E-state index in [9.17, 15) is 18.0 Å². The minimum absolute atomic E-state index is 0.0238. The third kappa shape index (κ3) is 8.72. The molecule has 0 spiro atoms. The summed E-state index contributed by atoms with van der Waals surface area (Å²) in [5, 5.41) is 3.88. The van der Waals surface area contributed by atoms with E-state index in [1.165, 1.54) is 19.0 Å². The van der Waals surface area contributed by atoms with Crippen LogP contribution in [-0.2, 0) is 32.8 Å². The van der Waals surface area contributed by atoms with Crippen molar-refractivity contribution in [3.05, 3.63) is 100 Å². The lowest BCUT2D eigenvalue weighted by molar-refractivity contribution is -0.140. The maximum absolute atomic E-state index is 14.3. The number of rotatable bonds is 12. The van der Waals surface area contributed by atoms with Crippen molar-refractivity contribution in [1.82, 2.24) is 14.5 Å². The van der Waals surface area contributed by atoms with Crippen LogP contribution in [-0.4, -0.2) is 62.2 Å². The van der Waals surface area contributed by atoms with Crippen molar-refractivity contribution in [2.45, 2.75) is 57.2 Å². The molecule has 43 heavy (non-hydrogen) atoms. The Morgan fingerprint density at radius 1 is 0.860 bits per heavy atom. The zero-order valence-electron chi connectivity index (χ0n) is 24.5. The normalized spacial score (nSPS) is 14.7. The van der Waals surface area contributed by atoms with Gasteiger partial charge in [0.2, 0.25) is 11.8 Å². The fraction of sp³-hybridized carbons (Fsp3) is 0.375. The molecule has 8 nitrogen and oxygen atoms in total. The molecular formula is C32H38Cl2N4O4S. The summed E-state index contributed by atoms with van der Waals surface area (Å²) in [5.74, 6) is -0.800. The third-order valence-electron chi connectivity index (χ3n) is 7.62. The fourth-order valence-corrected chi connectivity index (χ4v) is 6.62. The van der Waals surface area contributed by atoms with Gasteiger partial charge in [0.1, 0.15) is 12.6 Å². The minimum Gasteiger partial charge on any atom is -0.352 e. The third-order valence-corrected chi connectivity index (χ3v) is 10.2. The average Bonchev–Trinajstić information content (AvgIpc) is 3.00. The van der Waals surface area contributed by atoms with E-state index in [-0.39, 0.29) is 24.9 Å². The number of para-hydroxylation sites is 1. The van der Waals surface area contributed by atoms with E-state index in [2.05, 4.69) is 5.32 Å². The molecular weight excluding hydrogens is 607 g/mol. The van der Waals surface area contributed by atoms with Gasteiger partial charge >= 0.3 is 10.2 Å². The van der Waals surface area contributed by atoms with Crippen LogP contribution in [0.1, 0.15) is 43.2 Å². The number of carbonyl (C=O) groups is 2. The Balaban J connectivity index is 1.75. The Morgan fingerprint density at radius 3 is 2.09 bits per heavy atom. The second kappa shape index (κ2) is 15.1. The van der Waals surface area contributed by atoms with Crippen LogP contribution in [0, 0.1) is 0 Å². The molecule has 1 atom stereocenters. The lowest BCUT2D eigenvalue weighted by atomic mass is 9.94. The van der Waals surface area contributed by atoms with Crippen molar-refractivity contribution in [2.75, 3.05) is 24.9 Å². The summed E-state index contributed by atoms with van der Waals surface area (Å²) < 4.78 is 29.0. The summed E-state index contributed by atoms with van der Waals surface area (Å²) >= 11 is 12.5. The Labute approximate surface area is 264 Å². The molecule has 0 aliphatic heterocycles. The number of amides is 2. The summed E-state index contributed by atoms with van der Waals surface area (Å²) in [4.78, 5) is 29.8. The van der Waals surface area contributed by atoms with Crippen molar-refractivity contribution >= 4 is 50.9 Å². The predicted molar refractivity (Wildman–Crippen MR) is 172 cm³/mol. The van der Waals surface area contributed by atoms with Crippen molar-refractivity contribution in [3.8, 4) is 0 Å². The highest BCUT2D eigenvalue weighted by Gasteiger charge is 2.35. The Bertz CT molecular complexity index is 1480. The quantitative estimate of drug-likeness (QED) is 0.274. The molecule has 3 aromatic rings. The van der Waals surface area contributed by atoms with Crippen LogP contribution in [0.5, 0.6) is 0 Å². The molecule has 0 bridgehead atoms. The maximum atomic E-state index is 14.3. The van der Waals surface area contributed by atoms with Gasteiger partial charge in [-0.05, 0) is 48.2 Å². The first-order chi connectivity index (χ1) is 20.6. The van der Waals surface area contributed by atoms with E-state index in [0.717, 1.165) is 46.3 Å². The summed E-state index contributed by atoms with van der Waals surface area (Å²) in [7, 11) is -1.22. The zero-order valence-corrected chi connectivity index (χ0v) is 26.8. The first kappa shape index (κ1) is 32.8. The number of hydrogen-bond acceptors (Lipinski definition) is 4. The number of nitrogens with one attached hydrogen (secondary N) is 1. The monoisotopic (exact) mass is 644 g/mol. The Hall–Kier alpha value is -3.11. The molecule has 1 fully saturated rings. The van der Waals surface area contributed by atoms with Gasteiger partial charge in [0.15, 0.2) is 0 Å². The number of benzene rings is 3. The molecule has 0 radical (unpaired) electrons. The van der Waals surface area contributed by atoms with Crippen molar-refractivity contribution in [2.24, 2.45) is 0 Å². The average molecular weight is 646 g/mol. The second-order valence-corrected chi connectivity index (χ2v) is 13.8. The van der Waals surface area contributed by atoms with Crippen LogP contribution in [0.2, 0.25) is 10.0 Å². The first-order valence-electron chi connectivity index (χ1n) is 14.4. The van der Waals surface area contributed by atoms with Gasteiger partial charge in [-0.15, -0.1) is 0 Å². The van der Waals surface area contributed by atoms with Gasteiger partial charge in [0, 0.05) is 33.1 Å². The molecule has 1 N–H and O–H groups in total. The van der Waals surface area contributed by atoms with Crippen LogP contribution in [0.25, 0.3) is 0 Å². The molecule has 230 valence electrons. The van der Waals surface area contributed by atoms with Gasteiger partial charge < -0.3 is 10.2 Å². The lowest BCUT2D eigenvalue weighted by Crippen LogP contribution is -2.55. The summed E-state index contributed by atoms with van der Waals surface area (Å²) in [6.07, 6.45) is 5.22. The standard InChI is InChI=1S/C32H38Cl2N4O4S/c1-36(2)43(41,42)38(27-16-10-5-11-17-27)23-31(39)37(22-25-18-19-28(33)29(34)20-25)30(21-24-12-6-3-7-13-24)32(40)35-26-14-8-4-9-15-26/h3,5-7,10-13,16-20,26,30H,4,8-9,14-15,21-23H2,1-2H3,(H,35,40)/t30-/m0/s1. The van der Waals surface area contributed by atoms with E-state index in [4.69, 9.17) is 23.2 Å². The molecule has 3 aromatic carbocycles. The fourth-order valence-electron chi connectivity index (χ4n) is 5.24. The number of halogens is 2. The van der Waals surface area contributed by atoms with Crippen LogP contribution in [0.4, 0.5) is 5.69 Å². The van der Waals surface area contributed by atoms with E-state index in [1.807, 2.05) is 30.3 Å². The summed E-state index contributed by atoms with van der Waals surface area (Å²) in [5.41, 5.74) is 1.87. The molecule has 0 heterocycles. The topological polar surface area (TPSA) is 90.0 Å².